The van der Waals surface area contributed by atoms with Gasteiger partial charge in [0.05, 0.1) is 11.5 Å². The van der Waals surface area contributed by atoms with E-state index in [0.29, 0.717) is 12.5 Å². The zero-order valence-corrected chi connectivity index (χ0v) is 14.0. The summed E-state index contributed by atoms with van der Waals surface area (Å²) < 4.78 is 6.64. The first kappa shape index (κ1) is 15.8. The maximum absolute atomic E-state index is 12.4. The second kappa shape index (κ2) is 5.98. The Hall–Kier alpha value is -2.71. The van der Waals surface area contributed by atoms with Crippen LogP contribution in [0.4, 0.5) is 11.5 Å². The van der Waals surface area contributed by atoms with E-state index < -0.39 is 10.9 Å². The number of anilines is 1. The molecule has 0 radical (unpaired) electrons. The first-order valence-corrected chi connectivity index (χ1v) is 8.60. The molecule has 2 aromatic rings. The Morgan fingerprint density at radius 2 is 2.20 bits per heavy atom. The van der Waals surface area contributed by atoms with Crippen molar-refractivity contribution in [1.82, 2.24) is 14.6 Å². The molecule has 0 aromatic carbocycles. The smallest absolute Gasteiger partial charge is 0.357 e. The topological polar surface area (TPSA) is 103 Å². The van der Waals surface area contributed by atoms with Crippen molar-refractivity contribution in [1.29, 1.82) is 0 Å². The van der Waals surface area contributed by atoms with E-state index in [9.17, 15) is 14.9 Å². The highest BCUT2D eigenvalue weighted by molar-refractivity contribution is 5.92. The van der Waals surface area contributed by atoms with Crippen LogP contribution in [-0.4, -0.2) is 44.7 Å². The third-order valence-electron chi connectivity index (χ3n) is 5.01. The number of nitro groups is 1. The largest absolute Gasteiger partial charge is 0.461 e. The molecule has 2 aromatic heterocycles. The Kier molecular flexibility index (Phi) is 3.78. The standard InChI is InChI=1S/C16H19N5O4/c1-2-25-16(22)13-11-7-8-19(10-5-3-4-6-10)15(11)20-14(18-13)12(9-17-20)21(23)24/h9-10H,2-8H2,1H3. The number of carbonyl (C=O) groups excluding carboxylic acids is 1. The molecule has 25 heavy (non-hydrogen) atoms. The van der Waals surface area contributed by atoms with Gasteiger partial charge < -0.3 is 9.64 Å². The first-order chi connectivity index (χ1) is 12.1. The van der Waals surface area contributed by atoms with Gasteiger partial charge in [0.25, 0.3) is 0 Å². The lowest BCUT2D eigenvalue weighted by atomic mass is 10.2. The van der Waals surface area contributed by atoms with E-state index >= 15 is 0 Å². The highest BCUT2D eigenvalue weighted by atomic mass is 16.6. The number of hydrogen-bond donors (Lipinski definition) is 0. The molecule has 4 rings (SSSR count). The van der Waals surface area contributed by atoms with E-state index in [1.54, 1.807) is 6.92 Å². The summed E-state index contributed by atoms with van der Waals surface area (Å²) in [6, 6.07) is 0.380. The number of aromatic nitrogens is 3. The van der Waals surface area contributed by atoms with Gasteiger partial charge in [0.2, 0.25) is 5.65 Å². The van der Waals surface area contributed by atoms with Crippen molar-refractivity contribution in [3.8, 4) is 0 Å². The van der Waals surface area contributed by atoms with Crippen LogP contribution in [0.2, 0.25) is 0 Å². The van der Waals surface area contributed by atoms with E-state index in [1.807, 2.05) is 0 Å². The summed E-state index contributed by atoms with van der Waals surface area (Å²) >= 11 is 0. The van der Waals surface area contributed by atoms with Crippen molar-refractivity contribution in [3.05, 3.63) is 27.6 Å². The molecule has 0 atom stereocenters. The molecule has 9 heteroatoms. The first-order valence-electron chi connectivity index (χ1n) is 8.60. The number of carbonyl (C=O) groups is 1. The lowest BCUT2D eigenvalue weighted by Gasteiger charge is -2.26. The summed E-state index contributed by atoms with van der Waals surface area (Å²) in [5, 5.41) is 15.5. The van der Waals surface area contributed by atoms with Gasteiger partial charge in [-0.3, -0.25) is 10.1 Å². The third-order valence-corrected chi connectivity index (χ3v) is 5.01. The summed E-state index contributed by atoms with van der Waals surface area (Å²) in [6.45, 7) is 2.72. The van der Waals surface area contributed by atoms with Crippen LogP contribution in [0, 0.1) is 10.1 Å². The van der Waals surface area contributed by atoms with Crippen LogP contribution in [0.1, 0.15) is 48.7 Å². The zero-order chi connectivity index (χ0) is 17.6. The van der Waals surface area contributed by atoms with Crippen molar-refractivity contribution in [3.63, 3.8) is 0 Å². The van der Waals surface area contributed by atoms with Gasteiger partial charge in [0.15, 0.2) is 5.69 Å². The molecule has 0 unspecified atom stereocenters. The van der Waals surface area contributed by atoms with Gasteiger partial charge in [0, 0.05) is 18.2 Å². The molecular weight excluding hydrogens is 326 g/mol. The normalized spacial score (nSPS) is 17.2. The van der Waals surface area contributed by atoms with Crippen LogP contribution >= 0.6 is 0 Å². The molecule has 2 aliphatic rings. The molecule has 3 heterocycles. The number of esters is 1. The average Bonchev–Trinajstić information content (AvgIpc) is 3.31. The van der Waals surface area contributed by atoms with E-state index in [-0.39, 0.29) is 23.6 Å². The average molecular weight is 345 g/mol. The summed E-state index contributed by atoms with van der Waals surface area (Å²) in [5.74, 6) is 0.220. The molecule has 1 saturated carbocycles. The maximum atomic E-state index is 12.4. The fraction of sp³-hybridized carbons (Fsp3) is 0.562. The van der Waals surface area contributed by atoms with Gasteiger partial charge >= 0.3 is 11.7 Å². The minimum absolute atomic E-state index is 0.0942. The second-order valence-corrected chi connectivity index (χ2v) is 6.39. The van der Waals surface area contributed by atoms with Crippen molar-refractivity contribution in [2.24, 2.45) is 0 Å². The fourth-order valence-corrected chi connectivity index (χ4v) is 3.93. The van der Waals surface area contributed by atoms with Crippen molar-refractivity contribution >= 4 is 23.1 Å². The van der Waals surface area contributed by atoms with E-state index in [0.717, 1.165) is 30.8 Å². The minimum Gasteiger partial charge on any atom is -0.461 e. The van der Waals surface area contributed by atoms with E-state index in [4.69, 9.17) is 4.74 Å². The maximum Gasteiger partial charge on any atom is 0.357 e. The molecule has 9 nitrogen and oxygen atoms in total. The van der Waals surface area contributed by atoms with Crippen LogP contribution in [0.5, 0.6) is 0 Å². The molecule has 0 amide bonds. The highest BCUT2D eigenvalue weighted by Crippen LogP contribution is 2.38. The molecule has 132 valence electrons. The van der Waals surface area contributed by atoms with Gasteiger partial charge in [-0.2, -0.15) is 9.61 Å². The molecule has 1 fully saturated rings. The molecule has 1 aliphatic heterocycles. The Morgan fingerprint density at radius 3 is 2.88 bits per heavy atom. The Morgan fingerprint density at radius 1 is 1.44 bits per heavy atom. The molecule has 0 bridgehead atoms. The van der Waals surface area contributed by atoms with Crippen molar-refractivity contribution in [2.75, 3.05) is 18.1 Å². The predicted octanol–water partition coefficient (Wildman–Crippen LogP) is 2.12. The van der Waals surface area contributed by atoms with Crippen LogP contribution < -0.4 is 4.90 Å². The summed E-state index contributed by atoms with van der Waals surface area (Å²) in [5.41, 5.74) is 0.840. The van der Waals surface area contributed by atoms with Gasteiger partial charge in [-0.1, -0.05) is 12.8 Å². The molecule has 1 aliphatic carbocycles. The van der Waals surface area contributed by atoms with Crippen LogP contribution in [0.15, 0.2) is 6.20 Å². The predicted molar refractivity (Wildman–Crippen MR) is 88.9 cm³/mol. The summed E-state index contributed by atoms with van der Waals surface area (Å²) in [4.78, 5) is 29.7. The number of fused-ring (bicyclic) bond motifs is 3. The molecule has 0 spiro atoms. The lowest BCUT2D eigenvalue weighted by Crippen LogP contribution is -2.32. The summed E-state index contributed by atoms with van der Waals surface area (Å²) in [6.07, 6.45) is 6.38. The van der Waals surface area contributed by atoms with Gasteiger partial charge in [-0.05, 0) is 26.2 Å². The summed E-state index contributed by atoms with van der Waals surface area (Å²) in [7, 11) is 0. The number of ether oxygens (including phenoxy) is 1. The van der Waals surface area contributed by atoms with Crippen LogP contribution in [-0.2, 0) is 11.2 Å². The molecular formula is C16H19N5O4. The Bertz CT molecular complexity index is 856. The van der Waals surface area contributed by atoms with Gasteiger partial charge in [0.1, 0.15) is 12.0 Å². The Labute approximate surface area is 143 Å². The number of nitrogens with zero attached hydrogens (tertiary/aromatic N) is 5. The number of rotatable bonds is 4. The second-order valence-electron chi connectivity index (χ2n) is 6.39. The van der Waals surface area contributed by atoms with E-state index in [2.05, 4.69) is 15.0 Å². The van der Waals surface area contributed by atoms with Gasteiger partial charge in [-0.25, -0.2) is 9.78 Å². The quantitative estimate of drug-likeness (QED) is 0.475. The number of hydrogen-bond acceptors (Lipinski definition) is 7. The Balaban J connectivity index is 1.93. The van der Waals surface area contributed by atoms with Crippen molar-refractivity contribution < 1.29 is 14.5 Å². The van der Waals surface area contributed by atoms with Crippen molar-refractivity contribution in [2.45, 2.75) is 45.1 Å². The minimum atomic E-state index is -0.537. The monoisotopic (exact) mass is 345 g/mol. The fourth-order valence-electron chi connectivity index (χ4n) is 3.93. The highest BCUT2D eigenvalue weighted by Gasteiger charge is 2.36. The van der Waals surface area contributed by atoms with Crippen LogP contribution in [0.25, 0.3) is 5.65 Å². The van der Waals surface area contributed by atoms with E-state index in [1.165, 1.54) is 23.6 Å². The lowest BCUT2D eigenvalue weighted by molar-refractivity contribution is -0.383. The SMILES string of the molecule is CCOC(=O)c1nc2c([N+](=O)[O-])cnn2c2c1CCN2C1CCCC1. The molecule has 0 N–H and O–H groups in total. The van der Waals surface area contributed by atoms with Crippen LogP contribution in [0.3, 0.4) is 0 Å². The van der Waals surface area contributed by atoms with Gasteiger partial charge in [-0.15, -0.1) is 0 Å². The zero-order valence-electron chi connectivity index (χ0n) is 14.0. The third kappa shape index (κ3) is 2.41. The molecule has 0 saturated heterocycles.